The summed E-state index contributed by atoms with van der Waals surface area (Å²) in [5.74, 6) is -0.951. The van der Waals surface area contributed by atoms with Crippen molar-refractivity contribution in [1.29, 1.82) is 0 Å². The minimum atomic E-state index is -0.672. The lowest BCUT2D eigenvalue weighted by atomic mass is 9.74. The minimum Gasteiger partial charge on any atom is -0.325 e. The summed E-state index contributed by atoms with van der Waals surface area (Å²) in [6.45, 7) is 0. The number of hydrogen-bond donors (Lipinski definition) is 1. The highest BCUT2D eigenvalue weighted by atomic mass is 79.9. The Balaban J connectivity index is 2.22. The van der Waals surface area contributed by atoms with Crippen molar-refractivity contribution in [2.45, 2.75) is 31.2 Å². The minimum absolute atomic E-state index is 0.0231. The molecule has 2 nitrogen and oxygen atoms in total. The zero-order chi connectivity index (χ0) is 12.6. The molecule has 1 fully saturated rings. The Morgan fingerprint density at radius 1 is 1.53 bits per heavy atom. The first kappa shape index (κ1) is 13.0. The molecule has 0 bridgehead atoms. The van der Waals surface area contributed by atoms with Crippen LogP contribution in [-0.4, -0.2) is 11.3 Å². The van der Waals surface area contributed by atoms with Gasteiger partial charge in [0.25, 0.3) is 0 Å². The van der Waals surface area contributed by atoms with Gasteiger partial charge >= 0.3 is 0 Å². The highest BCUT2D eigenvalue weighted by Crippen LogP contribution is 2.34. The summed E-state index contributed by atoms with van der Waals surface area (Å²) in [5.41, 5.74) is 5.56. The number of benzene rings is 1. The molecule has 1 saturated carbocycles. The van der Waals surface area contributed by atoms with Crippen LogP contribution in [0.15, 0.2) is 16.6 Å². The van der Waals surface area contributed by atoms with Crippen molar-refractivity contribution in [3.8, 4) is 0 Å². The van der Waals surface area contributed by atoms with Crippen molar-refractivity contribution in [2.24, 2.45) is 5.73 Å². The van der Waals surface area contributed by atoms with Gasteiger partial charge in [-0.25, -0.2) is 4.39 Å². The molecule has 5 heteroatoms. The number of hydrogen-bond acceptors (Lipinski definition) is 2. The van der Waals surface area contributed by atoms with E-state index >= 15 is 0 Å². The molecule has 0 saturated heterocycles. The zero-order valence-corrected chi connectivity index (χ0v) is 11.4. The first-order valence-electron chi connectivity index (χ1n) is 5.38. The highest BCUT2D eigenvalue weighted by Gasteiger charge is 2.35. The van der Waals surface area contributed by atoms with Gasteiger partial charge in [-0.3, -0.25) is 4.79 Å². The van der Waals surface area contributed by atoms with Gasteiger partial charge in [0.15, 0.2) is 11.6 Å². The molecule has 0 unspecified atom stereocenters. The van der Waals surface area contributed by atoms with E-state index in [4.69, 9.17) is 17.3 Å². The Hall–Kier alpha value is -0.450. The van der Waals surface area contributed by atoms with Crippen molar-refractivity contribution in [1.82, 2.24) is 0 Å². The average molecular weight is 321 g/mol. The summed E-state index contributed by atoms with van der Waals surface area (Å²) in [6.07, 6.45) is 2.87. The van der Waals surface area contributed by atoms with Gasteiger partial charge in [-0.2, -0.15) is 0 Å². The third kappa shape index (κ3) is 2.54. The Morgan fingerprint density at radius 3 is 2.71 bits per heavy atom. The van der Waals surface area contributed by atoms with E-state index < -0.39 is 11.4 Å². The third-order valence-electron chi connectivity index (χ3n) is 3.20. The molecule has 0 amide bonds. The van der Waals surface area contributed by atoms with E-state index in [0.717, 1.165) is 19.3 Å². The van der Waals surface area contributed by atoms with Crippen molar-refractivity contribution >= 4 is 33.3 Å². The molecule has 0 heterocycles. The second kappa shape index (κ2) is 4.67. The van der Waals surface area contributed by atoms with Crippen LogP contribution in [0.25, 0.3) is 0 Å². The van der Waals surface area contributed by atoms with Gasteiger partial charge in [0, 0.05) is 16.4 Å². The van der Waals surface area contributed by atoms with Crippen molar-refractivity contribution < 1.29 is 9.18 Å². The molecule has 1 aliphatic rings. The van der Waals surface area contributed by atoms with Crippen LogP contribution in [0.2, 0.25) is 5.02 Å². The molecule has 92 valence electrons. The van der Waals surface area contributed by atoms with Crippen LogP contribution < -0.4 is 5.73 Å². The van der Waals surface area contributed by atoms with E-state index in [1.165, 1.54) is 6.07 Å². The molecule has 0 spiro atoms. The van der Waals surface area contributed by atoms with E-state index in [9.17, 15) is 9.18 Å². The van der Waals surface area contributed by atoms with Gasteiger partial charge in [-0.05, 0) is 47.3 Å². The number of carbonyl (C=O) groups excluding carboxylic acids is 1. The van der Waals surface area contributed by atoms with E-state index in [1.54, 1.807) is 6.07 Å². The monoisotopic (exact) mass is 319 g/mol. The molecule has 1 aromatic rings. The molecule has 17 heavy (non-hydrogen) atoms. The number of nitrogens with two attached hydrogens (primary N) is 1. The fourth-order valence-electron chi connectivity index (χ4n) is 1.96. The fraction of sp³-hybridized carbons (Fsp3) is 0.417. The van der Waals surface area contributed by atoms with Crippen molar-refractivity contribution in [3.05, 3.63) is 33.0 Å². The Bertz CT molecular complexity index is 474. The van der Waals surface area contributed by atoms with Crippen LogP contribution >= 0.6 is 27.5 Å². The highest BCUT2D eigenvalue weighted by molar-refractivity contribution is 9.10. The van der Waals surface area contributed by atoms with Gasteiger partial charge in [0.05, 0.1) is 10.6 Å². The molecule has 1 aliphatic carbocycles. The summed E-state index contributed by atoms with van der Waals surface area (Å²) in [7, 11) is 0. The first-order chi connectivity index (χ1) is 7.93. The quantitative estimate of drug-likeness (QED) is 0.682. The molecule has 2 rings (SSSR count). The summed E-state index contributed by atoms with van der Waals surface area (Å²) in [4.78, 5) is 11.9. The molecular formula is C12H12BrClFNO. The van der Waals surface area contributed by atoms with E-state index in [0.29, 0.717) is 4.47 Å². The summed E-state index contributed by atoms with van der Waals surface area (Å²) < 4.78 is 14.2. The van der Waals surface area contributed by atoms with Gasteiger partial charge < -0.3 is 5.73 Å². The van der Waals surface area contributed by atoms with Crippen LogP contribution in [0.5, 0.6) is 0 Å². The van der Waals surface area contributed by atoms with Gasteiger partial charge in [0.1, 0.15) is 0 Å². The standard InChI is InChI=1S/C12H12BrClFNO/c13-8-3-2-7(11(15)10(8)14)9(17)6-12(16)4-1-5-12/h2-3H,1,4-6,16H2. The number of Topliss-reactive ketones (excluding diaryl/α,β-unsaturated/α-hetero) is 1. The molecule has 2 N–H and O–H groups in total. The lowest BCUT2D eigenvalue weighted by molar-refractivity contribution is 0.0908. The molecule has 0 aromatic heterocycles. The molecular weight excluding hydrogens is 308 g/mol. The lowest BCUT2D eigenvalue weighted by Gasteiger charge is -2.37. The van der Waals surface area contributed by atoms with Crippen LogP contribution in [0, 0.1) is 5.82 Å². The van der Waals surface area contributed by atoms with Crippen LogP contribution in [0.4, 0.5) is 4.39 Å². The number of ketones is 1. The number of carbonyl (C=O) groups is 1. The predicted octanol–water partition coefficient (Wildman–Crippen LogP) is 3.70. The van der Waals surface area contributed by atoms with Gasteiger partial charge in [-0.15, -0.1) is 0 Å². The smallest absolute Gasteiger partial charge is 0.167 e. The van der Waals surface area contributed by atoms with E-state index in [1.807, 2.05) is 0 Å². The predicted molar refractivity (Wildman–Crippen MR) is 68.8 cm³/mol. The van der Waals surface area contributed by atoms with Gasteiger partial charge in [-0.1, -0.05) is 11.6 Å². The maximum atomic E-state index is 13.8. The normalized spacial score (nSPS) is 17.6. The van der Waals surface area contributed by atoms with Crippen molar-refractivity contribution in [2.75, 3.05) is 0 Å². The van der Waals surface area contributed by atoms with Crippen LogP contribution in [0.1, 0.15) is 36.0 Å². The van der Waals surface area contributed by atoms with Gasteiger partial charge in [0.2, 0.25) is 0 Å². The molecule has 0 aliphatic heterocycles. The topological polar surface area (TPSA) is 43.1 Å². The maximum Gasteiger partial charge on any atom is 0.167 e. The zero-order valence-electron chi connectivity index (χ0n) is 9.10. The van der Waals surface area contributed by atoms with E-state index in [2.05, 4.69) is 15.9 Å². The second-order valence-electron chi connectivity index (χ2n) is 4.54. The van der Waals surface area contributed by atoms with Crippen molar-refractivity contribution in [3.63, 3.8) is 0 Å². The number of halogens is 3. The summed E-state index contributed by atoms with van der Waals surface area (Å²) >= 11 is 8.85. The SMILES string of the molecule is NC1(CC(=O)c2ccc(Br)c(Cl)c2F)CCC1. The number of rotatable bonds is 3. The second-order valence-corrected chi connectivity index (χ2v) is 5.77. The maximum absolute atomic E-state index is 13.8. The molecule has 0 radical (unpaired) electrons. The Morgan fingerprint density at radius 2 is 2.18 bits per heavy atom. The molecule has 0 atom stereocenters. The first-order valence-corrected chi connectivity index (χ1v) is 6.56. The van der Waals surface area contributed by atoms with E-state index in [-0.39, 0.29) is 22.8 Å². The average Bonchev–Trinajstić information content (AvgIpc) is 2.23. The third-order valence-corrected chi connectivity index (χ3v) is 4.46. The lowest BCUT2D eigenvalue weighted by Crippen LogP contribution is -2.48. The fourth-order valence-corrected chi connectivity index (χ4v) is 2.43. The van der Waals surface area contributed by atoms with Crippen LogP contribution in [0.3, 0.4) is 0 Å². The summed E-state index contributed by atoms with van der Waals surface area (Å²) in [6, 6.07) is 3.01. The Labute approximate surface area is 112 Å². The largest absolute Gasteiger partial charge is 0.325 e. The summed E-state index contributed by atoms with van der Waals surface area (Å²) in [5, 5.41) is -0.0597. The van der Waals surface area contributed by atoms with Crippen LogP contribution in [-0.2, 0) is 0 Å². The Kier molecular flexibility index (Phi) is 3.57. The molecule has 1 aromatic carbocycles.